The molecule has 0 aromatic heterocycles. The second-order valence-electron chi connectivity index (χ2n) is 3.92. The Balaban J connectivity index is 3.01. The monoisotopic (exact) mass is 228 g/mol. The van der Waals surface area contributed by atoms with E-state index in [4.69, 9.17) is 5.11 Å². The van der Waals surface area contributed by atoms with Gasteiger partial charge in [-0.1, -0.05) is 19.1 Å². The highest BCUT2D eigenvalue weighted by atomic mass is 19.3. The van der Waals surface area contributed by atoms with E-state index in [-0.39, 0.29) is 17.9 Å². The zero-order valence-electron chi connectivity index (χ0n) is 9.21. The van der Waals surface area contributed by atoms with Gasteiger partial charge in [0.25, 0.3) is 6.43 Å². The fraction of sp³-hybridized carbons (Fsp3) is 0.417. The smallest absolute Gasteiger partial charge is 0.303 e. The third-order valence-corrected chi connectivity index (χ3v) is 2.57. The first-order chi connectivity index (χ1) is 7.41. The number of aryl methyl sites for hydroxylation is 1. The lowest BCUT2D eigenvalue weighted by atomic mass is 9.92. The molecular formula is C12H14F2O2. The van der Waals surface area contributed by atoms with Gasteiger partial charge in [0.1, 0.15) is 0 Å². The van der Waals surface area contributed by atoms with Gasteiger partial charge in [-0.25, -0.2) is 8.78 Å². The van der Waals surface area contributed by atoms with Crippen molar-refractivity contribution in [1.29, 1.82) is 0 Å². The third kappa shape index (κ3) is 3.02. The van der Waals surface area contributed by atoms with Crippen LogP contribution in [0.25, 0.3) is 0 Å². The SMILES string of the molecule is Cc1ccc(C(F)F)cc1C(C)CC(=O)O. The average molecular weight is 228 g/mol. The highest BCUT2D eigenvalue weighted by Gasteiger charge is 2.15. The number of carboxylic acid groups (broad SMARTS) is 1. The van der Waals surface area contributed by atoms with E-state index in [0.717, 1.165) is 5.56 Å². The highest BCUT2D eigenvalue weighted by Crippen LogP contribution is 2.27. The van der Waals surface area contributed by atoms with Gasteiger partial charge < -0.3 is 5.11 Å². The van der Waals surface area contributed by atoms with E-state index in [9.17, 15) is 13.6 Å². The lowest BCUT2D eigenvalue weighted by Crippen LogP contribution is -2.05. The molecule has 0 radical (unpaired) electrons. The normalized spacial score (nSPS) is 12.8. The van der Waals surface area contributed by atoms with Crippen LogP contribution in [0.4, 0.5) is 8.78 Å². The Hall–Kier alpha value is -1.45. The number of halogens is 2. The first-order valence-corrected chi connectivity index (χ1v) is 5.02. The topological polar surface area (TPSA) is 37.3 Å². The molecule has 0 aliphatic heterocycles. The standard InChI is InChI=1S/C12H14F2O2/c1-7-3-4-9(12(13)14)6-10(7)8(2)5-11(15)16/h3-4,6,8,12H,5H2,1-2H3,(H,15,16). The van der Waals surface area contributed by atoms with Crippen LogP contribution in [0.5, 0.6) is 0 Å². The largest absolute Gasteiger partial charge is 0.481 e. The van der Waals surface area contributed by atoms with Crippen LogP contribution in [-0.4, -0.2) is 11.1 Å². The van der Waals surface area contributed by atoms with Crippen LogP contribution < -0.4 is 0 Å². The van der Waals surface area contributed by atoms with Gasteiger partial charge in [-0.05, 0) is 30.0 Å². The number of hydrogen-bond acceptors (Lipinski definition) is 1. The maximum atomic E-state index is 12.5. The highest BCUT2D eigenvalue weighted by molar-refractivity contribution is 5.68. The molecule has 1 atom stereocenters. The summed E-state index contributed by atoms with van der Waals surface area (Å²) in [5, 5.41) is 8.67. The van der Waals surface area contributed by atoms with Crippen LogP contribution in [0.15, 0.2) is 18.2 Å². The Kier molecular flexibility index (Phi) is 3.99. The summed E-state index contributed by atoms with van der Waals surface area (Å²) in [5.74, 6) is -1.18. The molecule has 0 aliphatic rings. The van der Waals surface area contributed by atoms with Gasteiger partial charge in [0.05, 0.1) is 6.42 Å². The van der Waals surface area contributed by atoms with Crippen molar-refractivity contribution in [2.24, 2.45) is 0 Å². The van der Waals surface area contributed by atoms with Gasteiger partial charge >= 0.3 is 5.97 Å². The van der Waals surface area contributed by atoms with Crippen molar-refractivity contribution in [3.05, 3.63) is 34.9 Å². The van der Waals surface area contributed by atoms with E-state index in [1.165, 1.54) is 12.1 Å². The van der Waals surface area contributed by atoms with Gasteiger partial charge in [-0.15, -0.1) is 0 Å². The zero-order valence-corrected chi connectivity index (χ0v) is 9.21. The number of carbonyl (C=O) groups is 1. The molecule has 0 amide bonds. The van der Waals surface area contributed by atoms with Crippen molar-refractivity contribution >= 4 is 5.97 Å². The Bertz CT molecular complexity index is 389. The molecule has 4 heteroatoms. The van der Waals surface area contributed by atoms with E-state index in [2.05, 4.69) is 0 Å². The average Bonchev–Trinajstić information content (AvgIpc) is 2.16. The predicted molar refractivity (Wildman–Crippen MR) is 56.8 cm³/mol. The number of carboxylic acids is 1. The summed E-state index contributed by atoms with van der Waals surface area (Å²) in [4.78, 5) is 10.6. The quantitative estimate of drug-likeness (QED) is 0.856. The summed E-state index contributed by atoms with van der Waals surface area (Å²) >= 11 is 0. The first kappa shape index (κ1) is 12.6. The lowest BCUT2D eigenvalue weighted by molar-refractivity contribution is -0.137. The molecule has 0 aliphatic carbocycles. The third-order valence-electron chi connectivity index (χ3n) is 2.57. The van der Waals surface area contributed by atoms with Gasteiger partial charge in [-0.3, -0.25) is 4.79 Å². The van der Waals surface area contributed by atoms with E-state index in [0.29, 0.717) is 5.56 Å². The Labute approximate surface area is 92.9 Å². The number of rotatable bonds is 4. The van der Waals surface area contributed by atoms with Crippen LogP contribution in [0.1, 0.15) is 42.4 Å². The fourth-order valence-corrected chi connectivity index (χ4v) is 1.70. The van der Waals surface area contributed by atoms with Gasteiger partial charge in [0.2, 0.25) is 0 Å². The molecule has 0 saturated heterocycles. The van der Waals surface area contributed by atoms with Crippen molar-refractivity contribution < 1.29 is 18.7 Å². The van der Waals surface area contributed by atoms with Crippen LogP contribution >= 0.6 is 0 Å². The van der Waals surface area contributed by atoms with E-state index in [1.807, 2.05) is 0 Å². The summed E-state index contributed by atoms with van der Waals surface area (Å²) < 4.78 is 25.0. The summed E-state index contributed by atoms with van der Waals surface area (Å²) in [6.45, 7) is 3.52. The maximum Gasteiger partial charge on any atom is 0.303 e. The second kappa shape index (κ2) is 5.05. The number of benzene rings is 1. The number of alkyl halides is 2. The van der Waals surface area contributed by atoms with E-state index >= 15 is 0 Å². The fourth-order valence-electron chi connectivity index (χ4n) is 1.70. The van der Waals surface area contributed by atoms with Crippen LogP contribution in [-0.2, 0) is 4.79 Å². The summed E-state index contributed by atoms with van der Waals surface area (Å²) in [6.07, 6.45) is -2.57. The van der Waals surface area contributed by atoms with Gasteiger partial charge in [0, 0.05) is 5.56 Å². The van der Waals surface area contributed by atoms with Crippen molar-refractivity contribution in [2.45, 2.75) is 32.6 Å². The molecule has 1 N–H and O–H groups in total. The summed E-state index contributed by atoms with van der Waals surface area (Å²) in [5.41, 5.74) is 1.47. The molecule has 16 heavy (non-hydrogen) atoms. The number of hydrogen-bond donors (Lipinski definition) is 1. The van der Waals surface area contributed by atoms with Crippen molar-refractivity contribution in [2.75, 3.05) is 0 Å². The zero-order chi connectivity index (χ0) is 12.3. The van der Waals surface area contributed by atoms with Gasteiger partial charge in [0.15, 0.2) is 0 Å². The summed E-state index contributed by atoms with van der Waals surface area (Å²) in [7, 11) is 0. The molecule has 88 valence electrons. The van der Waals surface area contributed by atoms with Crippen LogP contribution in [0.2, 0.25) is 0 Å². The van der Waals surface area contributed by atoms with E-state index < -0.39 is 12.4 Å². The minimum atomic E-state index is -2.52. The first-order valence-electron chi connectivity index (χ1n) is 5.02. The molecule has 0 fully saturated rings. The molecular weight excluding hydrogens is 214 g/mol. The van der Waals surface area contributed by atoms with E-state index in [1.54, 1.807) is 19.9 Å². The molecule has 1 aromatic carbocycles. The summed E-state index contributed by atoms with van der Waals surface area (Å²) in [6, 6.07) is 4.37. The molecule has 0 bridgehead atoms. The molecule has 0 spiro atoms. The molecule has 1 rings (SSSR count). The Morgan fingerprint density at radius 1 is 1.44 bits per heavy atom. The van der Waals surface area contributed by atoms with Gasteiger partial charge in [-0.2, -0.15) is 0 Å². The molecule has 2 nitrogen and oxygen atoms in total. The Morgan fingerprint density at radius 2 is 2.06 bits per heavy atom. The second-order valence-corrected chi connectivity index (χ2v) is 3.92. The number of aliphatic carboxylic acids is 1. The predicted octanol–water partition coefficient (Wildman–Crippen LogP) is 3.51. The maximum absolute atomic E-state index is 12.5. The van der Waals surface area contributed by atoms with Crippen LogP contribution in [0.3, 0.4) is 0 Å². The van der Waals surface area contributed by atoms with Crippen molar-refractivity contribution in [3.8, 4) is 0 Å². The minimum absolute atomic E-state index is 0.0481. The van der Waals surface area contributed by atoms with Crippen molar-refractivity contribution in [3.63, 3.8) is 0 Å². The Morgan fingerprint density at radius 3 is 2.56 bits per heavy atom. The minimum Gasteiger partial charge on any atom is -0.481 e. The lowest BCUT2D eigenvalue weighted by Gasteiger charge is -2.14. The van der Waals surface area contributed by atoms with Crippen LogP contribution in [0, 0.1) is 6.92 Å². The molecule has 0 saturated carbocycles. The molecule has 1 aromatic rings. The van der Waals surface area contributed by atoms with Crippen molar-refractivity contribution in [1.82, 2.24) is 0 Å². The molecule has 1 unspecified atom stereocenters. The molecule has 0 heterocycles.